The molecule has 1 aromatic carbocycles. The van der Waals surface area contributed by atoms with Crippen LogP contribution in [-0.4, -0.2) is 32.9 Å². The van der Waals surface area contributed by atoms with E-state index in [2.05, 4.69) is 10.4 Å². The Morgan fingerprint density at radius 3 is 2.87 bits per heavy atom. The Morgan fingerprint density at radius 2 is 2.13 bits per heavy atom. The zero-order valence-corrected chi connectivity index (χ0v) is 12.9. The summed E-state index contributed by atoms with van der Waals surface area (Å²) in [7, 11) is 0. The van der Waals surface area contributed by atoms with Crippen LogP contribution in [0.15, 0.2) is 48.8 Å². The lowest BCUT2D eigenvalue weighted by molar-refractivity contribution is -0.130. The average Bonchev–Trinajstić information content (AvgIpc) is 2.89. The first-order valence-corrected chi connectivity index (χ1v) is 8.07. The molecule has 0 bridgehead atoms. The number of hydrogen-bond acceptors (Lipinski definition) is 4. The summed E-state index contributed by atoms with van der Waals surface area (Å²) >= 11 is 1.42. The predicted octanol–water partition coefficient (Wildman–Crippen LogP) is 2.01. The van der Waals surface area contributed by atoms with Crippen LogP contribution in [0.2, 0.25) is 0 Å². The highest BCUT2D eigenvalue weighted by Crippen LogP contribution is 2.26. The SMILES string of the molecule is O=C(NN1C(=O)CSC1Cc1cccc(F)c1)c1ccncc1. The lowest BCUT2D eigenvalue weighted by Crippen LogP contribution is -2.48. The van der Waals surface area contributed by atoms with E-state index in [1.54, 1.807) is 24.3 Å². The number of amides is 2. The summed E-state index contributed by atoms with van der Waals surface area (Å²) in [6, 6.07) is 9.39. The van der Waals surface area contributed by atoms with E-state index in [0.29, 0.717) is 12.0 Å². The fraction of sp³-hybridized carbons (Fsp3) is 0.188. The minimum absolute atomic E-state index is 0.168. The standard InChI is InChI=1S/C16H14FN3O2S/c17-13-3-1-2-11(8-13)9-15-20(14(21)10-23-15)19-16(22)12-4-6-18-7-5-12/h1-8,15H,9-10H2,(H,19,22). The van der Waals surface area contributed by atoms with Crippen LogP contribution in [-0.2, 0) is 11.2 Å². The Labute approximate surface area is 136 Å². The third kappa shape index (κ3) is 3.68. The number of hydrogen-bond donors (Lipinski definition) is 1. The van der Waals surface area contributed by atoms with Gasteiger partial charge in [0.05, 0.1) is 5.75 Å². The molecule has 0 radical (unpaired) electrons. The number of carbonyl (C=O) groups is 2. The first-order chi connectivity index (χ1) is 11.1. The van der Waals surface area contributed by atoms with E-state index in [-0.39, 0.29) is 28.8 Å². The summed E-state index contributed by atoms with van der Waals surface area (Å²) in [5, 5.41) is 1.08. The fourth-order valence-corrected chi connectivity index (χ4v) is 3.40. The summed E-state index contributed by atoms with van der Waals surface area (Å²) in [5.74, 6) is -0.563. The Morgan fingerprint density at radius 1 is 1.35 bits per heavy atom. The third-order valence-electron chi connectivity index (χ3n) is 3.42. The van der Waals surface area contributed by atoms with Crippen molar-refractivity contribution in [2.45, 2.75) is 11.8 Å². The molecule has 118 valence electrons. The van der Waals surface area contributed by atoms with Gasteiger partial charge in [-0.2, -0.15) is 0 Å². The number of aromatic nitrogens is 1. The molecular formula is C16H14FN3O2S. The molecule has 2 heterocycles. The predicted molar refractivity (Wildman–Crippen MR) is 84.9 cm³/mol. The number of hydrazine groups is 1. The van der Waals surface area contributed by atoms with Crippen LogP contribution in [0.4, 0.5) is 4.39 Å². The first kappa shape index (κ1) is 15.5. The Balaban J connectivity index is 1.71. The van der Waals surface area contributed by atoms with E-state index in [4.69, 9.17) is 0 Å². The number of nitrogens with one attached hydrogen (secondary N) is 1. The number of nitrogens with zero attached hydrogens (tertiary/aromatic N) is 2. The monoisotopic (exact) mass is 331 g/mol. The van der Waals surface area contributed by atoms with E-state index >= 15 is 0 Å². The van der Waals surface area contributed by atoms with Crippen LogP contribution in [0.3, 0.4) is 0 Å². The number of pyridine rings is 1. The summed E-state index contributed by atoms with van der Waals surface area (Å²) in [5.41, 5.74) is 3.84. The summed E-state index contributed by atoms with van der Waals surface area (Å²) < 4.78 is 13.3. The zero-order chi connectivity index (χ0) is 16.2. The number of benzene rings is 1. The van der Waals surface area contributed by atoms with Crippen LogP contribution in [0, 0.1) is 5.82 Å². The van der Waals surface area contributed by atoms with Gasteiger partial charge in [0.1, 0.15) is 11.2 Å². The average molecular weight is 331 g/mol. The van der Waals surface area contributed by atoms with E-state index in [0.717, 1.165) is 5.56 Å². The minimum Gasteiger partial charge on any atom is -0.272 e. The van der Waals surface area contributed by atoms with Gasteiger partial charge in [-0.1, -0.05) is 12.1 Å². The van der Waals surface area contributed by atoms with Crippen molar-refractivity contribution < 1.29 is 14.0 Å². The number of halogens is 1. The van der Waals surface area contributed by atoms with E-state index in [1.807, 2.05) is 0 Å². The molecule has 1 aliphatic heterocycles. The van der Waals surface area contributed by atoms with Crippen molar-refractivity contribution in [3.05, 3.63) is 65.7 Å². The highest BCUT2D eigenvalue weighted by Gasteiger charge is 2.33. The molecule has 1 atom stereocenters. The molecule has 23 heavy (non-hydrogen) atoms. The van der Waals surface area contributed by atoms with Gasteiger partial charge in [-0.25, -0.2) is 9.40 Å². The molecule has 5 nitrogen and oxygen atoms in total. The molecule has 0 aliphatic carbocycles. The number of carbonyl (C=O) groups excluding carboxylic acids is 2. The van der Waals surface area contributed by atoms with E-state index < -0.39 is 0 Å². The van der Waals surface area contributed by atoms with Crippen molar-refractivity contribution in [2.75, 3.05) is 5.75 Å². The highest BCUT2D eigenvalue weighted by molar-refractivity contribution is 8.00. The van der Waals surface area contributed by atoms with Crippen molar-refractivity contribution in [1.29, 1.82) is 0 Å². The largest absolute Gasteiger partial charge is 0.272 e. The molecule has 2 aromatic rings. The van der Waals surface area contributed by atoms with Crippen molar-refractivity contribution in [3.8, 4) is 0 Å². The lowest BCUT2D eigenvalue weighted by atomic mass is 10.1. The molecule has 1 fully saturated rings. The van der Waals surface area contributed by atoms with Crippen molar-refractivity contribution in [2.24, 2.45) is 0 Å². The molecular weight excluding hydrogens is 317 g/mol. The van der Waals surface area contributed by atoms with Crippen LogP contribution in [0.1, 0.15) is 15.9 Å². The molecule has 0 saturated carbocycles. The molecule has 7 heteroatoms. The maximum atomic E-state index is 13.3. The Kier molecular flexibility index (Phi) is 4.57. The Bertz CT molecular complexity index is 726. The molecule has 3 rings (SSSR count). The van der Waals surface area contributed by atoms with Gasteiger partial charge in [0.25, 0.3) is 11.8 Å². The second-order valence-electron chi connectivity index (χ2n) is 5.04. The number of rotatable bonds is 4. The van der Waals surface area contributed by atoms with Gasteiger partial charge in [0, 0.05) is 24.4 Å². The summed E-state index contributed by atoms with van der Waals surface area (Å²) in [6.07, 6.45) is 3.49. The lowest BCUT2D eigenvalue weighted by Gasteiger charge is -2.24. The molecule has 1 aliphatic rings. The normalized spacial score (nSPS) is 17.3. The molecule has 1 saturated heterocycles. The molecule has 1 aromatic heterocycles. The fourth-order valence-electron chi connectivity index (χ4n) is 2.30. The summed E-state index contributed by atoms with van der Waals surface area (Å²) in [6.45, 7) is 0. The molecule has 2 amide bonds. The van der Waals surface area contributed by atoms with Crippen molar-refractivity contribution in [1.82, 2.24) is 15.4 Å². The maximum absolute atomic E-state index is 13.3. The van der Waals surface area contributed by atoms with Gasteiger partial charge in [0.2, 0.25) is 0 Å². The van der Waals surface area contributed by atoms with Crippen LogP contribution < -0.4 is 5.43 Å². The molecule has 1 unspecified atom stereocenters. The van der Waals surface area contributed by atoms with Gasteiger partial charge >= 0.3 is 0 Å². The van der Waals surface area contributed by atoms with Gasteiger partial charge in [-0.05, 0) is 29.8 Å². The minimum atomic E-state index is -0.368. The summed E-state index contributed by atoms with van der Waals surface area (Å²) in [4.78, 5) is 28.1. The van der Waals surface area contributed by atoms with Crippen LogP contribution in [0.25, 0.3) is 0 Å². The van der Waals surface area contributed by atoms with Crippen molar-refractivity contribution in [3.63, 3.8) is 0 Å². The Hall–Kier alpha value is -2.41. The van der Waals surface area contributed by atoms with E-state index in [1.165, 1.54) is 41.3 Å². The van der Waals surface area contributed by atoms with Crippen LogP contribution in [0.5, 0.6) is 0 Å². The highest BCUT2D eigenvalue weighted by atomic mass is 32.2. The van der Waals surface area contributed by atoms with Gasteiger partial charge in [-0.3, -0.25) is 20.0 Å². The molecule has 0 spiro atoms. The van der Waals surface area contributed by atoms with Crippen LogP contribution >= 0.6 is 11.8 Å². The zero-order valence-electron chi connectivity index (χ0n) is 12.1. The number of thioether (sulfide) groups is 1. The van der Waals surface area contributed by atoms with Gasteiger partial charge < -0.3 is 0 Å². The topological polar surface area (TPSA) is 62.3 Å². The maximum Gasteiger partial charge on any atom is 0.270 e. The first-order valence-electron chi connectivity index (χ1n) is 7.02. The second-order valence-corrected chi connectivity index (χ2v) is 6.21. The smallest absolute Gasteiger partial charge is 0.270 e. The third-order valence-corrected chi connectivity index (χ3v) is 4.60. The van der Waals surface area contributed by atoms with Gasteiger partial charge in [-0.15, -0.1) is 11.8 Å². The van der Waals surface area contributed by atoms with Gasteiger partial charge in [0.15, 0.2) is 0 Å². The van der Waals surface area contributed by atoms with Crippen molar-refractivity contribution >= 4 is 23.6 Å². The molecule has 1 N–H and O–H groups in total. The van der Waals surface area contributed by atoms with E-state index in [9.17, 15) is 14.0 Å². The quantitative estimate of drug-likeness (QED) is 0.931. The second kappa shape index (κ2) is 6.78.